The lowest BCUT2D eigenvalue weighted by atomic mass is 10.1. The lowest BCUT2D eigenvalue weighted by molar-refractivity contribution is 0.614. The van der Waals surface area contributed by atoms with Gasteiger partial charge >= 0.3 is 0 Å². The third kappa shape index (κ3) is 3.33. The van der Waals surface area contributed by atoms with E-state index in [1.165, 1.54) is 6.07 Å². The van der Waals surface area contributed by atoms with Gasteiger partial charge in [0.15, 0.2) is 10.3 Å². The monoisotopic (exact) mass is 299 g/mol. The minimum absolute atomic E-state index is 0.132. The molecule has 1 N–H and O–H groups in total. The van der Waals surface area contributed by atoms with Gasteiger partial charge in [-0.05, 0) is 31.0 Å². The molecule has 6 heteroatoms. The van der Waals surface area contributed by atoms with Crippen LogP contribution in [0, 0.1) is 12.7 Å². The maximum Gasteiger partial charge on any atom is 0.174 e. The van der Waals surface area contributed by atoms with Gasteiger partial charge in [-0.2, -0.15) is 0 Å². The van der Waals surface area contributed by atoms with E-state index in [4.69, 9.17) is 23.2 Å². The Kier molecular flexibility index (Phi) is 4.22. The molecule has 100 valence electrons. The highest BCUT2D eigenvalue weighted by molar-refractivity contribution is 6.33. The Morgan fingerprint density at radius 3 is 2.63 bits per heavy atom. The number of anilines is 1. The van der Waals surface area contributed by atoms with E-state index in [1.54, 1.807) is 19.1 Å². The molecule has 0 radical (unpaired) electrons. The summed E-state index contributed by atoms with van der Waals surface area (Å²) in [5, 5.41) is 10.9. The maximum absolute atomic E-state index is 13.5. The van der Waals surface area contributed by atoms with E-state index in [9.17, 15) is 4.39 Å². The van der Waals surface area contributed by atoms with Gasteiger partial charge in [0.2, 0.25) is 0 Å². The molecule has 0 aliphatic carbocycles. The van der Waals surface area contributed by atoms with E-state index in [0.29, 0.717) is 11.3 Å². The van der Waals surface area contributed by atoms with Crippen LogP contribution < -0.4 is 5.32 Å². The normalized spacial score (nSPS) is 12.3. The second-order valence-corrected chi connectivity index (χ2v) is 4.99. The second kappa shape index (κ2) is 5.72. The number of benzene rings is 1. The molecule has 1 heterocycles. The van der Waals surface area contributed by atoms with Gasteiger partial charge in [0.1, 0.15) is 5.82 Å². The van der Waals surface area contributed by atoms with Gasteiger partial charge in [0.25, 0.3) is 0 Å². The summed E-state index contributed by atoms with van der Waals surface area (Å²) in [5.41, 5.74) is 1.99. The van der Waals surface area contributed by atoms with Crippen LogP contribution in [0.2, 0.25) is 10.3 Å². The molecule has 3 nitrogen and oxygen atoms in total. The quantitative estimate of drug-likeness (QED) is 0.912. The van der Waals surface area contributed by atoms with Crippen LogP contribution in [0.5, 0.6) is 0 Å². The molecule has 0 aliphatic heterocycles. The van der Waals surface area contributed by atoms with Crippen molar-refractivity contribution < 1.29 is 4.39 Å². The number of aromatic nitrogens is 2. The summed E-state index contributed by atoms with van der Waals surface area (Å²) in [6.07, 6.45) is 0. The average Bonchev–Trinajstić information content (AvgIpc) is 2.37. The largest absolute Gasteiger partial charge is 0.376 e. The van der Waals surface area contributed by atoms with Crippen LogP contribution in [-0.4, -0.2) is 10.2 Å². The summed E-state index contributed by atoms with van der Waals surface area (Å²) in [6.45, 7) is 3.62. The highest BCUT2D eigenvalue weighted by atomic mass is 35.5. The third-order valence-corrected chi connectivity index (χ3v) is 3.25. The molecule has 19 heavy (non-hydrogen) atoms. The first-order chi connectivity index (χ1) is 8.97. The highest BCUT2D eigenvalue weighted by Gasteiger charge is 2.11. The maximum atomic E-state index is 13.5. The number of rotatable bonds is 3. The van der Waals surface area contributed by atoms with Crippen LogP contribution in [0.4, 0.5) is 10.1 Å². The smallest absolute Gasteiger partial charge is 0.174 e. The molecule has 1 atom stereocenters. The number of nitrogens with zero attached hydrogens (tertiary/aromatic N) is 2. The first-order valence-corrected chi connectivity index (χ1v) is 6.44. The summed E-state index contributed by atoms with van der Waals surface area (Å²) in [6, 6.07) is 6.55. The van der Waals surface area contributed by atoms with Gasteiger partial charge in [-0.1, -0.05) is 35.3 Å². The summed E-state index contributed by atoms with van der Waals surface area (Å²) >= 11 is 11.7. The SMILES string of the molecule is Cc1ccc(C(C)Nc2cc(Cl)nnc2Cl)cc1F. The molecular weight excluding hydrogens is 288 g/mol. The van der Waals surface area contributed by atoms with Crippen molar-refractivity contribution in [2.45, 2.75) is 19.9 Å². The van der Waals surface area contributed by atoms with Crippen LogP contribution in [0.1, 0.15) is 24.1 Å². The van der Waals surface area contributed by atoms with E-state index in [-0.39, 0.29) is 22.2 Å². The van der Waals surface area contributed by atoms with E-state index in [2.05, 4.69) is 15.5 Å². The number of hydrogen-bond acceptors (Lipinski definition) is 3. The average molecular weight is 300 g/mol. The van der Waals surface area contributed by atoms with E-state index >= 15 is 0 Å². The van der Waals surface area contributed by atoms with Gasteiger partial charge in [-0.25, -0.2) is 4.39 Å². The van der Waals surface area contributed by atoms with Crippen LogP contribution in [0.3, 0.4) is 0 Å². The van der Waals surface area contributed by atoms with E-state index in [0.717, 1.165) is 5.56 Å². The molecular formula is C13H12Cl2FN3. The number of halogens is 3. The Balaban J connectivity index is 2.22. The first kappa shape index (κ1) is 14.0. The topological polar surface area (TPSA) is 37.8 Å². The van der Waals surface area contributed by atoms with Gasteiger partial charge < -0.3 is 5.32 Å². The third-order valence-electron chi connectivity index (χ3n) is 2.79. The minimum Gasteiger partial charge on any atom is -0.376 e. The van der Waals surface area contributed by atoms with Crippen LogP contribution in [0.15, 0.2) is 24.3 Å². The summed E-state index contributed by atoms with van der Waals surface area (Å²) < 4.78 is 13.5. The summed E-state index contributed by atoms with van der Waals surface area (Å²) in [7, 11) is 0. The molecule has 0 amide bonds. The zero-order chi connectivity index (χ0) is 14.0. The fourth-order valence-electron chi connectivity index (χ4n) is 1.65. The molecule has 1 aromatic heterocycles. The Morgan fingerprint density at radius 1 is 1.21 bits per heavy atom. The zero-order valence-corrected chi connectivity index (χ0v) is 11.9. The van der Waals surface area contributed by atoms with Crippen molar-refractivity contribution >= 4 is 28.9 Å². The molecule has 1 aromatic carbocycles. The number of hydrogen-bond donors (Lipinski definition) is 1. The van der Waals surface area contributed by atoms with Gasteiger partial charge in [0.05, 0.1) is 5.69 Å². The summed E-state index contributed by atoms with van der Waals surface area (Å²) in [4.78, 5) is 0. The fourth-order valence-corrected chi connectivity index (χ4v) is 1.94. The van der Waals surface area contributed by atoms with Crippen molar-refractivity contribution in [3.8, 4) is 0 Å². The van der Waals surface area contributed by atoms with Crippen molar-refractivity contribution in [1.29, 1.82) is 0 Å². The molecule has 1 unspecified atom stereocenters. The highest BCUT2D eigenvalue weighted by Crippen LogP contribution is 2.26. The number of nitrogens with one attached hydrogen (secondary N) is 1. The van der Waals surface area contributed by atoms with Crippen molar-refractivity contribution in [2.75, 3.05) is 5.32 Å². The molecule has 0 fully saturated rings. The second-order valence-electron chi connectivity index (χ2n) is 4.25. The van der Waals surface area contributed by atoms with Crippen LogP contribution >= 0.6 is 23.2 Å². The van der Waals surface area contributed by atoms with Crippen molar-refractivity contribution in [1.82, 2.24) is 10.2 Å². The van der Waals surface area contributed by atoms with Gasteiger partial charge in [0, 0.05) is 12.1 Å². The van der Waals surface area contributed by atoms with Gasteiger partial charge in [-0.3, -0.25) is 0 Å². The van der Waals surface area contributed by atoms with E-state index < -0.39 is 0 Å². The van der Waals surface area contributed by atoms with Gasteiger partial charge in [-0.15, -0.1) is 10.2 Å². The molecule has 0 aliphatic rings. The predicted molar refractivity (Wildman–Crippen MR) is 75.2 cm³/mol. The zero-order valence-electron chi connectivity index (χ0n) is 10.4. The lowest BCUT2D eigenvalue weighted by Gasteiger charge is -2.16. The van der Waals surface area contributed by atoms with E-state index in [1.807, 2.05) is 13.0 Å². The Morgan fingerprint density at radius 2 is 1.95 bits per heavy atom. The molecule has 0 spiro atoms. The van der Waals surface area contributed by atoms with Crippen molar-refractivity contribution in [3.63, 3.8) is 0 Å². The Bertz CT molecular complexity index is 604. The lowest BCUT2D eigenvalue weighted by Crippen LogP contribution is -2.08. The molecule has 0 saturated carbocycles. The molecule has 2 rings (SSSR count). The Hall–Kier alpha value is -1.39. The summed E-state index contributed by atoms with van der Waals surface area (Å²) in [5.74, 6) is -0.233. The first-order valence-electron chi connectivity index (χ1n) is 5.68. The van der Waals surface area contributed by atoms with Crippen molar-refractivity contribution in [2.24, 2.45) is 0 Å². The molecule has 0 saturated heterocycles. The fraction of sp³-hybridized carbons (Fsp3) is 0.231. The van der Waals surface area contributed by atoms with Crippen molar-refractivity contribution in [3.05, 3.63) is 51.5 Å². The number of aryl methyl sites for hydroxylation is 1. The standard InChI is InChI=1S/C13H12Cl2FN3/c1-7-3-4-9(5-10(7)16)8(2)17-11-6-12(14)18-19-13(11)15/h3-6,8H,1-2H3,(H,17,18). The van der Waals surface area contributed by atoms with Crippen LogP contribution in [0.25, 0.3) is 0 Å². The molecule has 0 bridgehead atoms. The molecule has 2 aromatic rings. The minimum atomic E-state index is -0.233. The van der Waals surface area contributed by atoms with Crippen LogP contribution in [-0.2, 0) is 0 Å². The predicted octanol–water partition coefficient (Wildman–Crippen LogP) is 4.40. The Labute approximate surface area is 120 Å².